The average Bonchev–Trinajstić information content (AvgIpc) is 3.16. The van der Waals surface area contributed by atoms with Gasteiger partial charge in [-0.15, -0.1) is 0 Å². The maximum Gasteiger partial charge on any atom is 0.264 e. The molecule has 258 valence electrons. The molecule has 48 heavy (non-hydrogen) atoms. The first-order valence-corrected chi connectivity index (χ1v) is 19.5. The summed E-state index contributed by atoms with van der Waals surface area (Å²) >= 11 is 6.44. The minimum Gasteiger partial charge on any atom is -0.490 e. The van der Waals surface area contributed by atoms with Crippen molar-refractivity contribution in [3.05, 3.63) is 70.3 Å². The van der Waals surface area contributed by atoms with E-state index in [2.05, 4.69) is 21.8 Å². The largest absolute Gasteiger partial charge is 0.490 e. The lowest BCUT2D eigenvalue weighted by molar-refractivity contribution is -0.143. The third kappa shape index (κ3) is 6.60. The number of halogens is 1. The Balaban J connectivity index is 1.26. The van der Waals surface area contributed by atoms with Crippen LogP contribution in [-0.4, -0.2) is 75.9 Å². The number of hydrogen-bond donors (Lipinski definition) is 1. The summed E-state index contributed by atoms with van der Waals surface area (Å²) in [6.07, 6.45) is 11.1. The standard InChI is InChI=1S/C37H46ClN3O6S/c1-2-29-8-3-4-9-33(46-22-35(42)40-17-6-18-40)30-13-10-27(30)21-41-23-37(16-5-7-25-19-28(38)12-14-31(25)37)24-47-34-15-11-26(20-32(34)41)36(43)39-48(29,44)45/h4,9,11-12,14-15,19-20,27,29-30,33H,2-3,5-8,10,13,16-18,21-24H2,1H3,(H,39,43)/b9-4-/t27-,29+,30+,33-,37-/m0/s1. The molecule has 1 saturated carbocycles. The smallest absolute Gasteiger partial charge is 0.264 e. The summed E-state index contributed by atoms with van der Waals surface area (Å²) in [6.45, 7) is 5.34. The predicted octanol–water partition coefficient (Wildman–Crippen LogP) is 5.65. The highest BCUT2D eigenvalue weighted by Gasteiger charge is 2.45. The summed E-state index contributed by atoms with van der Waals surface area (Å²) in [5, 5.41) is 0.0109. The Labute approximate surface area is 289 Å². The summed E-state index contributed by atoms with van der Waals surface area (Å²) in [5.74, 6) is 0.580. The van der Waals surface area contributed by atoms with Crippen LogP contribution in [0.3, 0.4) is 0 Å². The highest BCUT2D eigenvalue weighted by atomic mass is 35.5. The molecule has 0 aromatic heterocycles. The Hall–Kier alpha value is -3.08. The van der Waals surface area contributed by atoms with E-state index in [9.17, 15) is 18.0 Å². The molecule has 9 nitrogen and oxygen atoms in total. The molecule has 3 heterocycles. The molecule has 2 bridgehead atoms. The fourth-order valence-electron chi connectivity index (χ4n) is 8.30. The number of amides is 2. The Kier molecular flexibility index (Phi) is 9.52. The van der Waals surface area contributed by atoms with Gasteiger partial charge < -0.3 is 19.3 Å². The van der Waals surface area contributed by atoms with Gasteiger partial charge in [-0.1, -0.05) is 36.7 Å². The zero-order chi connectivity index (χ0) is 33.5. The van der Waals surface area contributed by atoms with Crippen LogP contribution in [0.5, 0.6) is 5.75 Å². The van der Waals surface area contributed by atoms with E-state index in [0.29, 0.717) is 44.1 Å². The first-order chi connectivity index (χ1) is 23.2. The number of carbonyl (C=O) groups is 2. The van der Waals surface area contributed by atoms with Crippen molar-refractivity contribution in [3.63, 3.8) is 0 Å². The lowest BCUT2D eigenvalue weighted by Gasteiger charge is -2.46. The van der Waals surface area contributed by atoms with Crippen LogP contribution in [0, 0.1) is 11.8 Å². The van der Waals surface area contributed by atoms with E-state index < -0.39 is 21.2 Å². The lowest BCUT2D eigenvalue weighted by Crippen LogP contribution is -2.50. The van der Waals surface area contributed by atoms with Crippen molar-refractivity contribution in [1.82, 2.24) is 9.62 Å². The number of nitrogens with one attached hydrogen (secondary N) is 1. The fourth-order valence-corrected chi connectivity index (χ4v) is 9.92. The van der Waals surface area contributed by atoms with Crippen LogP contribution in [0.1, 0.15) is 79.8 Å². The van der Waals surface area contributed by atoms with E-state index in [4.69, 9.17) is 21.1 Å². The van der Waals surface area contributed by atoms with Gasteiger partial charge in [-0.05, 0) is 111 Å². The maximum absolute atomic E-state index is 13.5. The van der Waals surface area contributed by atoms with Gasteiger partial charge in [0.05, 0.1) is 23.6 Å². The molecule has 1 spiro atoms. The highest BCUT2D eigenvalue weighted by Crippen LogP contribution is 2.47. The molecule has 2 fully saturated rings. The molecule has 2 aliphatic carbocycles. The minimum atomic E-state index is -3.92. The first-order valence-electron chi connectivity index (χ1n) is 17.6. The van der Waals surface area contributed by atoms with Crippen LogP contribution in [-0.2, 0) is 31.4 Å². The second-order valence-corrected chi connectivity index (χ2v) is 16.7. The van der Waals surface area contributed by atoms with Gasteiger partial charge in [0, 0.05) is 42.2 Å². The highest BCUT2D eigenvalue weighted by molar-refractivity contribution is 7.90. The summed E-state index contributed by atoms with van der Waals surface area (Å²) in [7, 11) is -3.92. The normalized spacial score (nSPS) is 30.4. The molecule has 5 atom stereocenters. The van der Waals surface area contributed by atoms with Gasteiger partial charge in [0.1, 0.15) is 12.4 Å². The second-order valence-electron chi connectivity index (χ2n) is 14.3. The molecule has 5 aliphatic rings. The Morgan fingerprint density at radius 1 is 1.12 bits per heavy atom. The molecule has 1 N–H and O–H groups in total. The van der Waals surface area contributed by atoms with E-state index in [1.165, 1.54) is 11.1 Å². The predicted molar refractivity (Wildman–Crippen MR) is 186 cm³/mol. The number of benzene rings is 2. The summed E-state index contributed by atoms with van der Waals surface area (Å²) < 4.78 is 42.2. The average molecular weight is 696 g/mol. The van der Waals surface area contributed by atoms with Gasteiger partial charge in [-0.3, -0.25) is 9.59 Å². The van der Waals surface area contributed by atoms with E-state index in [1.807, 2.05) is 36.1 Å². The van der Waals surface area contributed by atoms with Gasteiger partial charge in [-0.25, -0.2) is 13.1 Å². The Morgan fingerprint density at radius 3 is 2.73 bits per heavy atom. The maximum atomic E-state index is 13.5. The molecule has 2 aromatic rings. The number of fused-ring (bicyclic) bond motifs is 4. The van der Waals surface area contributed by atoms with Crippen molar-refractivity contribution in [2.75, 3.05) is 44.3 Å². The molecule has 3 aliphatic heterocycles. The van der Waals surface area contributed by atoms with Crippen molar-refractivity contribution >= 4 is 39.1 Å². The molecular formula is C37H46ClN3O6S. The van der Waals surface area contributed by atoms with Gasteiger partial charge in [0.15, 0.2) is 0 Å². The van der Waals surface area contributed by atoms with Crippen LogP contribution >= 0.6 is 11.6 Å². The van der Waals surface area contributed by atoms with E-state index in [1.54, 1.807) is 12.1 Å². The second kappa shape index (κ2) is 13.7. The van der Waals surface area contributed by atoms with Gasteiger partial charge >= 0.3 is 0 Å². The molecule has 7 rings (SSSR count). The number of allylic oxidation sites excluding steroid dienone is 1. The first kappa shape index (κ1) is 33.4. The number of sulfonamides is 1. The molecular weight excluding hydrogens is 650 g/mol. The zero-order valence-electron chi connectivity index (χ0n) is 27.7. The third-order valence-electron chi connectivity index (χ3n) is 11.4. The van der Waals surface area contributed by atoms with Crippen molar-refractivity contribution in [2.24, 2.45) is 11.8 Å². The van der Waals surface area contributed by atoms with Crippen LogP contribution in [0.25, 0.3) is 0 Å². The minimum absolute atomic E-state index is 0.0229. The van der Waals surface area contributed by atoms with E-state index in [-0.39, 0.29) is 35.5 Å². The van der Waals surface area contributed by atoms with Gasteiger partial charge in [-0.2, -0.15) is 0 Å². The Bertz CT molecular complexity index is 1690. The monoisotopic (exact) mass is 695 g/mol. The van der Waals surface area contributed by atoms with Crippen LogP contribution in [0.15, 0.2) is 48.6 Å². The quantitative estimate of drug-likeness (QED) is 0.413. The fraction of sp³-hybridized carbons (Fsp3) is 0.568. The molecule has 2 aromatic carbocycles. The van der Waals surface area contributed by atoms with E-state index in [0.717, 1.165) is 68.9 Å². The lowest BCUT2D eigenvalue weighted by atomic mass is 9.68. The topological polar surface area (TPSA) is 105 Å². The number of anilines is 1. The van der Waals surface area contributed by atoms with Crippen LogP contribution in [0.2, 0.25) is 5.02 Å². The summed E-state index contributed by atoms with van der Waals surface area (Å²) in [4.78, 5) is 30.5. The summed E-state index contributed by atoms with van der Waals surface area (Å²) in [6, 6.07) is 11.5. The number of aryl methyl sites for hydroxylation is 1. The van der Waals surface area contributed by atoms with Crippen molar-refractivity contribution < 1.29 is 27.5 Å². The summed E-state index contributed by atoms with van der Waals surface area (Å²) in [5.41, 5.74) is 3.31. The van der Waals surface area contributed by atoms with Crippen LogP contribution in [0.4, 0.5) is 5.69 Å². The van der Waals surface area contributed by atoms with Crippen molar-refractivity contribution in [1.29, 1.82) is 0 Å². The third-order valence-corrected chi connectivity index (χ3v) is 13.5. The number of rotatable bonds is 4. The SMILES string of the molecule is CC[C@@H]1CC/C=C\[C@H](OCC(=O)N2CCC2)[C@@H]2CC[C@H]2CN2C[C@@]3(CCCc4cc(Cl)ccc43)COc3ccc(cc32)C(=O)NS1(=O)=O. The van der Waals surface area contributed by atoms with Crippen molar-refractivity contribution in [3.8, 4) is 5.75 Å². The molecule has 2 amide bonds. The number of carbonyl (C=O) groups excluding carboxylic acids is 2. The zero-order valence-corrected chi connectivity index (χ0v) is 29.2. The number of nitrogens with zero attached hydrogens (tertiary/aromatic N) is 2. The van der Waals surface area contributed by atoms with Gasteiger partial charge in [0.25, 0.3) is 5.91 Å². The molecule has 0 radical (unpaired) electrons. The molecule has 1 saturated heterocycles. The van der Waals surface area contributed by atoms with Crippen molar-refractivity contribution in [2.45, 2.75) is 81.5 Å². The number of hydrogen-bond acceptors (Lipinski definition) is 7. The van der Waals surface area contributed by atoms with Gasteiger partial charge in [0.2, 0.25) is 15.9 Å². The number of ether oxygens (including phenoxy) is 2. The molecule has 11 heteroatoms. The van der Waals surface area contributed by atoms with Crippen LogP contribution < -0.4 is 14.4 Å². The number of likely N-dealkylation sites (tertiary alicyclic amines) is 1. The molecule has 0 unspecified atom stereocenters. The van der Waals surface area contributed by atoms with E-state index >= 15 is 0 Å². The Morgan fingerprint density at radius 2 is 1.98 bits per heavy atom.